The molecule has 35 heavy (non-hydrogen) atoms. The van der Waals surface area contributed by atoms with Crippen LogP contribution in [0.25, 0.3) is 20.8 Å². The molecule has 0 radical (unpaired) electrons. The van der Waals surface area contributed by atoms with Gasteiger partial charge in [-0.25, -0.2) is 13.4 Å². The zero-order valence-corrected chi connectivity index (χ0v) is 22.1. The van der Waals surface area contributed by atoms with Gasteiger partial charge >= 0.3 is 0 Å². The second-order valence-electron chi connectivity index (χ2n) is 9.27. The number of carbonyl (C=O) groups is 1. The Morgan fingerprint density at radius 1 is 1.09 bits per heavy atom. The maximum absolute atomic E-state index is 12.9. The summed E-state index contributed by atoms with van der Waals surface area (Å²) < 4.78 is 26.1. The van der Waals surface area contributed by atoms with Crippen LogP contribution in [0.3, 0.4) is 0 Å². The zero-order chi connectivity index (χ0) is 24.4. The van der Waals surface area contributed by atoms with Crippen molar-refractivity contribution in [2.45, 2.75) is 44.8 Å². The molecule has 8 heteroatoms. The molecule has 0 saturated heterocycles. The molecular formula is C27H28N2O3S3. The van der Waals surface area contributed by atoms with Gasteiger partial charge in [-0.3, -0.25) is 4.79 Å². The molecular weight excluding hydrogens is 497 g/mol. The number of aromatic nitrogens is 1. The fraction of sp³-hybridized carbons (Fsp3) is 0.333. The van der Waals surface area contributed by atoms with Gasteiger partial charge < -0.3 is 5.32 Å². The SMILES string of the molecule is CC1CCc2c(sc(NC(=O)CCCS(=O)(=O)Cc3ccccc3)c2-c2nc3ccccc3s2)C1. The van der Waals surface area contributed by atoms with Gasteiger partial charge in [-0.05, 0) is 54.9 Å². The van der Waals surface area contributed by atoms with Crippen LogP contribution in [0.1, 0.15) is 42.2 Å². The number of carbonyl (C=O) groups excluding carboxylic acids is 1. The third-order valence-corrected chi connectivity index (χ3v) is 10.3. The lowest BCUT2D eigenvalue weighted by Crippen LogP contribution is -2.15. The van der Waals surface area contributed by atoms with Crippen LogP contribution in [-0.2, 0) is 33.2 Å². The Hall–Kier alpha value is -2.55. The molecule has 0 aliphatic heterocycles. The number of hydrogen-bond acceptors (Lipinski definition) is 6. The Morgan fingerprint density at radius 3 is 2.66 bits per heavy atom. The summed E-state index contributed by atoms with van der Waals surface area (Å²) in [6, 6.07) is 17.3. The van der Waals surface area contributed by atoms with Gasteiger partial charge in [0.2, 0.25) is 5.91 Å². The fourth-order valence-electron chi connectivity index (χ4n) is 4.59. The van der Waals surface area contributed by atoms with E-state index in [9.17, 15) is 13.2 Å². The number of para-hydroxylation sites is 1. The molecule has 2 aromatic heterocycles. The highest BCUT2D eigenvalue weighted by Crippen LogP contribution is 2.47. The number of nitrogens with zero attached hydrogens (tertiary/aromatic N) is 1. The number of sulfone groups is 1. The van der Waals surface area contributed by atoms with Crippen LogP contribution in [0, 0.1) is 5.92 Å². The van der Waals surface area contributed by atoms with Crippen LogP contribution in [0.4, 0.5) is 5.00 Å². The van der Waals surface area contributed by atoms with E-state index < -0.39 is 9.84 Å². The Bertz CT molecular complexity index is 1420. The topological polar surface area (TPSA) is 76.1 Å². The number of benzene rings is 2. The van der Waals surface area contributed by atoms with E-state index in [4.69, 9.17) is 4.98 Å². The molecule has 182 valence electrons. The summed E-state index contributed by atoms with van der Waals surface area (Å²) in [4.78, 5) is 19.1. The quantitative estimate of drug-likeness (QED) is 0.286. The molecule has 1 amide bonds. The molecule has 0 bridgehead atoms. The first-order valence-corrected chi connectivity index (χ1v) is 15.4. The van der Waals surface area contributed by atoms with Crippen molar-refractivity contribution in [2.75, 3.05) is 11.1 Å². The normalized spacial score (nSPS) is 15.7. The van der Waals surface area contributed by atoms with Gasteiger partial charge in [-0.15, -0.1) is 22.7 Å². The molecule has 1 aliphatic rings. The number of nitrogens with one attached hydrogen (secondary N) is 1. The fourth-order valence-corrected chi connectivity index (χ4v) is 8.55. The van der Waals surface area contributed by atoms with E-state index in [1.165, 1.54) is 10.4 Å². The first-order chi connectivity index (χ1) is 16.9. The third kappa shape index (κ3) is 5.66. The summed E-state index contributed by atoms with van der Waals surface area (Å²) in [6.07, 6.45) is 3.62. The van der Waals surface area contributed by atoms with Crippen LogP contribution in [0.15, 0.2) is 54.6 Å². The lowest BCUT2D eigenvalue weighted by atomic mass is 9.88. The van der Waals surface area contributed by atoms with Gasteiger partial charge in [0.15, 0.2) is 9.84 Å². The first kappa shape index (κ1) is 24.2. The standard InChI is InChI=1S/C27H28N2O3S3/c1-18-13-14-20-23(16-18)34-27(25(20)26-28-21-10-5-6-11-22(21)33-26)29-24(30)12-7-15-35(31,32)17-19-8-3-2-4-9-19/h2-6,8-11,18H,7,12-17H2,1H3,(H,29,30). The minimum atomic E-state index is -3.26. The number of amides is 1. The maximum Gasteiger partial charge on any atom is 0.225 e. The van der Waals surface area contributed by atoms with E-state index in [2.05, 4.69) is 18.3 Å². The Kier molecular flexibility index (Phi) is 7.05. The van der Waals surface area contributed by atoms with Crippen molar-refractivity contribution in [3.8, 4) is 10.6 Å². The lowest BCUT2D eigenvalue weighted by Gasteiger charge is -2.18. The van der Waals surface area contributed by atoms with Crippen LogP contribution >= 0.6 is 22.7 Å². The molecule has 5 rings (SSSR count). The minimum absolute atomic E-state index is 0.00149. The second-order valence-corrected chi connectivity index (χ2v) is 13.6. The third-order valence-electron chi connectivity index (χ3n) is 6.36. The minimum Gasteiger partial charge on any atom is -0.317 e. The van der Waals surface area contributed by atoms with Crippen molar-refractivity contribution in [3.63, 3.8) is 0 Å². The molecule has 0 fully saturated rings. The predicted octanol–water partition coefficient (Wildman–Crippen LogP) is 6.48. The van der Waals surface area contributed by atoms with Crippen molar-refractivity contribution in [1.82, 2.24) is 4.98 Å². The average Bonchev–Trinajstić information content (AvgIpc) is 3.39. The van der Waals surface area contributed by atoms with Gasteiger partial charge in [-0.1, -0.05) is 49.4 Å². The van der Waals surface area contributed by atoms with E-state index in [1.54, 1.807) is 22.7 Å². The molecule has 1 unspecified atom stereocenters. The van der Waals surface area contributed by atoms with Gasteiger partial charge in [0.1, 0.15) is 10.0 Å². The van der Waals surface area contributed by atoms with Gasteiger partial charge in [0.05, 0.1) is 21.7 Å². The van der Waals surface area contributed by atoms with Crippen molar-refractivity contribution in [2.24, 2.45) is 5.92 Å². The Balaban J connectivity index is 1.31. The van der Waals surface area contributed by atoms with Gasteiger partial charge in [0.25, 0.3) is 0 Å². The summed E-state index contributed by atoms with van der Waals surface area (Å²) >= 11 is 3.31. The molecule has 0 spiro atoms. The Labute approximate surface area is 214 Å². The molecule has 4 aromatic rings. The highest BCUT2D eigenvalue weighted by molar-refractivity contribution is 7.90. The number of fused-ring (bicyclic) bond motifs is 2. The van der Waals surface area contributed by atoms with Crippen LogP contribution < -0.4 is 5.32 Å². The van der Waals surface area contributed by atoms with Crippen molar-refractivity contribution in [3.05, 3.63) is 70.6 Å². The van der Waals surface area contributed by atoms with Crippen LogP contribution in [0.5, 0.6) is 0 Å². The summed E-state index contributed by atoms with van der Waals surface area (Å²) in [5, 5.41) is 4.90. The summed E-state index contributed by atoms with van der Waals surface area (Å²) in [6.45, 7) is 2.27. The summed E-state index contributed by atoms with van der Waals surface area (Å²) in [7, 11) is -3.26. The van der Waals surface area contributed by atoms with E-state index in [0.29, 0.717) is 12.3 Å². The lowest BCUT2D eigenvalue weighted by molar-refractivity contribution is -0.116. The summed E-state index contributed by atoms with van der Waals surface area (Å²) in [5.41, 5.74) is 4.12. The highest BCUT2D eigenvalue weighted by atomic mass is 32.2. The van der Waals surface area contributed by atoms with Crippen molar-refractivity contribution in [1.29, 1.82) is 0 Å². The number of hydrogen-bond donors (Lipinski definition) is 1. The van der Waals surface area contributed by atoms with Crippen LogP contribution in [0.2, 0.25) is 0 Å². The van der Waals surface area contributed by atoms with Crippen molar-refractivity contribution >= 4 is 53.6 Å². The first-order valence-electron chi connectivity index (χ1n) is 11.9. The smallest absolute Gasteiger partial charge is 0.225 e. The molecule has 0 saturated carbocycles. The molecule has 2 aromatic carbocycles. The second kappa shape index (κ2) is 10.2. The maximum atomic E-state index is 12.9. The zero-order valence-electron chi connectivity index (χ0n) is 19.6. The number of thiazole rings is 1. The average molecular weight is 525 g/mol. The largest absolute Gasteiger partial charge is 0.317 e. The molecule has 1 atom stereocenters. The number of rotatable bonds is 8. The van der Waals surface area contributed by atoms with E-state index >= 15 is 0 Å². The predicted molar refractivity (Wildman–Crippen MR) is 146 cm³/mol. The van der Waals surface area contributed by atoms with E-state index in [0.717, 1.165) is 50.6 Å². The highest BCUT2D eigenvalue weighted by Gasteiger charge is 2.27. The van der Waals surface area contributed by atoms with Crippen LogP contribution in [-0.4, -0.2) is 25.1 Å². The number of thiophene rings is 1. The summed E-state index contributed by atoms with van der Waals surface area (Å²) in [5.74, 6) is 0.489. The van der Waals surface area contributed by atoms with E-state index in [1.807, 2.05) is 48.5 Å². The molecule has 2 heterocycles. The van der Waals surface area contributed by atoms with Gasteiger partial charge in [0, 0.05) is 16.9 Å². The Morgan fingerprint density at radius 2 is 1.86 bits per heavy atom. The monoisotopic (exact) mass is 524 g/mol. The molecule has 1 aliphatic carbocycles. The van der Waals surface area contributed by atoms with Gasteiger partial charge in [-0.2, -0.15) is 0 Å². The van der Waals surface area contributed by atoms with E-state index in [-0.39, 0.29) is 23.8 Å². The molecule has 1 N–H and O–H groups in total. The molecule has 5 nitrogen and oxygen atoms in total. The van der Waals surface area contributed by atoms with Crippen molar-refractivity contribution < 1.29 is 13.2 Å². The number of anilines is 1.